The zero-order valence-corrected chi connectivity index (χ0v) is 23.7. The van der Waals surface area contributed by atoms with Crippen LogP contribution in [0.5, 0.6) is 5.75 Å². The van der Waals surface area contributed by atoms with Crippen molar-refractivity contribution in [2.45, 2.75) is 20.0 Å². The molecule has 12 heteroatoms. The topological polar surface area (TPSA) is 96.4 Å². The van der Waals surface area contributed by atoms with Crippen LogP contribution in [0.25, 0.3) is 22.2 Å². The van der Waals surface area contributed by atoms with Crippen LogP contribution in [-0.4, -0.2) is 56.5 Å². The zero-order valence-electron chi connectivity index (χ0n) is 21.3. The fourth-order valence-corrected chi connectivity index (χ4v) is 5.88. The van der Waals surface area contributed by atoms with E-state index in [4.69, 9.17) is 27.9 Å². The molecule has 4 aromatic rings. The molecule has 8 nitrogen and oxygen atoms in total. The van der Waals surface area contributed by atoms with Crippen LogP contribution in [0.15, 0.2) is 47.2 Å². The van der Waals surface area contributed by atoms with Gasteiger partial charge in [0.15, 0.2) is 11.6 Å². The number of H-pyrrole nitrogens is 1. The van der Waals surface area contributed by atoms with Crippen LogP contribution in [0.3, 0.4) is 0 Å². The lowest BCUT2D eigenvalue weighted by atomic mass is 9.82. The number of nitrogens with zero attached hydrogens (tertiary/aromatic N) is 5. The number of ether oxygens (including phenoxy) is 1. The standard InChI is InChI=1S/C26H27Cl2FN6O2S/c1-15(23-19(27)10-30-11-20(23)28)37-17-5-6-22-18(8-17)24(34-33-22)16-7-21(29)25(31-9-16)35-13-26(2,14-35)12-32-38(3,4)36/h5-11,15H,12-14H2,1-4H3,(H,33,34)/t15-/m1/s1. The number of pyridine rings is 2. The molecule has 1 saturated heterocycles. The molecular formula is C26H27Cl2FN6O2S. The average molecular weight is 578 g/mol. The average Bonchev–Trinajstić information content (AvgIpc) is 3.24. The summed E-state index contributed by atoms with van der Waals surface area (Å²) >= 11 is 12.6. The number of hydrogen-bond acceptors (Lipinski definition) is 7. The predicted octanol–water partition coefficient (Wildman–Crippen LogP) is 6.16. The monoisotopic (exact) mass is 576 g/mol. The maximum Gasteiger partial charge on any atom is 0.166 e. The summed E-state index contributed by atoms with van der Waals surface area (Å²) in [5.41, 5.74) is 2.36. The Bertz CT molecular complexity index is 1620. The Balaban J connectivity index is 1.36. The number of rotatable bonds is 7. The van der Waals surface area contributed by atoms with Gasteiger partial charge in [0.25, 0.3) is 0 Å². The number of halogens is 3. The number of aromatic amines is 1. The minimum atomic E-state index is -2.17. The summed E-state index contributed by atoms with van der Waals surface area (Å²) in [5.74, 6) is 0.425. The van der Waals surface area contributed by atoms with Gasteiger partial charge in [-0.05, 0) is 31.2 Å². The van der Waals surface area contributed by atoms with E-state index in [9.17, 15) is 4.21 Å². The summed E-state index contributed by atoms with van der Waals surface area (Å²) in [5, 5.41) is 8.99. The SMILES string of the molecule is C[C@@H](Oc1ccc2[nH]nc(-c3cnc(N4CC(C)(CN=S(C)(C)=O)C4)c(F)c3)c2c1)c1c(Cl)cncc1Cl. The summed E-state index contributed by atoms with van der Waals surface area (Å²) in [6.07, 6.45) is 7.47. The maximum atomic E-state index is 15.2. The van der Waals surface area contributed by atoms with E-state index in [-0.39, 0.29) is 11.2 Å². The third-order valence-electron chi connectivity index (χ3n) is 6.44. The fraction of sp³-hybridized carbons (Fsp3) is 0.346. The smallest absolute Gasteiger partial charge is 0.166 e. The quantitative estimate of drug-likeness (QED) is 0.283. The second kappa shape index (κ2) is 9.98. The highest BCUT2D eigenvalue weighted by molar-refractivity contribution is 7.92. The number of hydrogen-bond donors (Lipinski definition) is 1. The number of aromatic nitrogens is 4. The Morgan fingerprint density at radius 3 is 2.58 bits per heavy atom. The molecule has 0 amide bonds. The van der Waals surface area contributed by atoms with Crippen molar-refractivity contribution in [2.24, 2.45) is 9.78 Å². The van der Waals surface area contributed by atoms with Crippen molar-refractivity contribution in [3.63, 3.8) is 0 Å². The predicted molar refractivity (Wildman–Crippen MR) is 150 cm³/mol. The van der Waals surface area contributed by atoms with Crippen LogP contribution in [0.2, 0.25) is 10.0 Å². The normalized spacial score (nSPS) is 15.8. The number of benzene rings is 1. The van der Waals surface area contributed by atoms with Gasteiger partial charge in [0.1, 0.15) is 17.5 Å². The number of anilines is 1. The largest absolute Gasteiger partial charge is 0.486 e. The second-order valence-corrected chi connectivity index (χ2v) is 13.7. The van der Waals surface area contributed by atoms with Crippen molar-refractivity contribution in [2.75, 3.05) is 37.0 Å². The minimum Gasteiger partial charge on any atom is -0.486 e. The van der Waals surface area contributed by atoms with E-state index in [0.29, 0.717) is 52.2 Å². The Labute approximate surface area is 230 Å². The van der Waals surface area contributed by atoms with E-state index in [0.717, 1.165) is 10.9 Å². The van der Waals surface area contributed by atoms with Crippen LogP contribution in [0.1, 0.15) is 25.5 Å². The first kappa shape index (κ1) is 26.6. The van der Waals surface area contributed by atoms with Crippen LogP contribution >= 0.6 is 23.2 Å². The first-order valence-electron chi connectivity index (χ1n) is 11.9. The van der Waals surface area contributed by atoms with E-state index >= 15 is 4.39 Å². The molecule has 0 spiro atoms. The van der Waals surface area contributed by atoms with Gasteiger partial charge in [0.2, 0.25) is 0 Å². The van der Waals surface area contributed by atoms with Gasteiger partial charge in [0, 0.05) is 75.8 Å². The Kier molecular flexibility index (Phi) is 7.00. The highest BCUT2D eigenvalue weighted by Crippen LogP contribution is 2.37. The van der Waals surface area contributed by atoms with Crippen molar-refractivity contribution in [1.82, 2.24) is 20.2 Å². The van der Waals surface area contributed by atoms with Crippen molar-refractivity contribution < 1.29 is 13.3 Å². The highest BCUT2D eigenvalue weighted by atomic mass is 35.5. The molecule has 1 aromatic carbocycles. The van der Waals surface area contributed by atoms with Crippen molar-refractivity contribution in [3.8, 4) is 17.0 Å². The Morgan fingerprint density at radius 2 is 1.92 bits per heavy atom. The van der Waals surface area contributed by atoms with Crippen LogP contribution in [0, 0.1) is 11.2 Å². The second-order valence-electron chi connectivity index (χ2n) is 10.2. The van der Waals surface area contributed by atoms with Gasteiger partial charge >= 0.3 is 0 Å². The molecule has 0 aliphatic carbocycles. The number of fused-ring (bicyclic) bond motifs is 1. The van der Waals surface area contributed by atoms with Gasteiger partial charge in [-0.2, -0.15) is 5.10 Å². The third kappa shape index (κ3) is 5.43. The third-order valence-corrected chi connectivity index (χ3v) is 7.79. The maximum absolute atomic E-state index is 15.2. The first-order valence-corrected chi connectivity index (χ1v) is 15.0. The first-order chi connectivity index (χ1) is 17.9. The lowest BCUT2D eigenvalue weighted by molar-refractivity contribution is 0.227. The molecule has 1 aliphatic heterocycles. The Hall–Kier alpha value is -2.95. The van der Waals surface area contributed by atoms with Crippen LogP contribution < -0.4 is 9.64 Å². The molecule has 0 bridgehead atoms. The lowest BCUT2D eigenvalue weighted by Crippen LogP contribution is -2.57. The van der Waals surface area contributed by atoms with E-state index in [1.165, 1.54) is 18.5 Å². The van der Waals surface area contributed by atoms with E-state index in [1.807, 2.05) is 30.0 Å². The molecule has 0 unspecified atom stereocenters. The molecule has 0 radical (unpaired) electrons. The van der Waals surface area contributed by atoms with Crippen LogP contribution in [0.4, 0.5) is 10.2 Å². The van der Waals surface area contributed by atoms with E-state index in [2.05, 4.69) is 31.5 Å². The molecule has 200 valence electrons. The van der Waals surface area contributed by atoms with Gasteiger partial charge in [-0.1, -0.05) is 30.1 Å². The highest BCUT2D eigenvalue weighted by Gasteiger charge is 2.40. The molecule has 1 N–H and O–H groups in total. The zero-order chi connectivity index (χ0) is 27.2. The molecule has 5 rings (SSSR count). The van der Waals surface area contributed by atoms with Crippen molar-refractivity contribution in [1.29, 1.82) is 0 Å². The molecule has 3 aromatic heterocycles. The molecule has 0 saturated carbocycles. The van der Waals surface area contributed by atoms with Crippen LogP contribution in [-0.2, 0) is 9.73 Å². The lowest BCUT2D eigenvalue weighted by Gasteiger charge is -2.48. The van der Waals surface area contributed by atoms with Gasteiger partial charge in [-0.3, -0.25) is 14.3 Å². The van der Waals surface area contributed by atoms with Gasteiger partial charge < -0.3 is 9.64 Å². The molecular weight excluding hydrogens is 550 g/mol. The van der Waals surface area contributed by atoms with Crippen molar-refractivity contribution in [3.05, 3.63) is 64.3 Å². The van der Waals surface area contributed by atoms with Gasteiger partial charge in [-0.25, -0.2) is 13.7 Å². The Morgan fingerprint density at radius 1 is 1.21 bits per heavy atom. The van der Waals surface area contributed by atoms with Gasteiger partial charge in [-0.15, -0.1) is 0 Å². The van der Waals surface area contributed by atoms with E-state index in [1.54, 1.807) is 18.7 Å². The van der Waals surface area contributed by atoms with Gasteiger partial charge in [0.05, 0.1) is 22.1 Å². The minimum absolute atomic E-state index is 0.155. The van der Waals surface area contributed by atoms with E-state index < -0.39 is 21.7 Å². The molecule has 1 aliphatic rings. The molecule has 1 fully saturated rings. The molecule has 38 heavy (non-hydrogen) atoms. The summed E-state index contributed by atoms with van der Waals surface area (Å²) in [4.78, 5) is 10.3. The number of nitrogens with one attached hydrogen (secondary N) is 1. The fourth-order valence-electron chi connectivity index (χ4n) is 4.59. The molecule has 1 atom stereocenters. The molecule has 4 heterocycles. The summed E-state index contributed by atoms with van der Waals surface area (Å²) in [6.45, 7) is 5.55. The van der Waals surface area contributed by atoms with Crippen molar-refractivity contribution >= 4 is 49.7 Å². The summed E-state index contributed by atoms with van der Waals surface area (Å²) in [7, 11) is -2.17. The summed E-state index contributed by atoms with van der Waals surface area (Å²) in [6, 6.07) is 6.94. The summed E-state index contributed by atoms with van der Waals surface area (Å²) < 4.78 is 37.5.